The van der Waals surface area contributed by atoms with Gasteiger partial charge in [-0.3, -0.25) is 4.72 Å². The molecule has 0 unspecified atom stereocenters. The Morgan fingerprint density at radius 2 is 2.00 bits per heavy atom. The Labute approximate surface area is 117 Å². The van der Waals surface area contributed by atoms with Crippen molar-refractivity contribution in [2.24, 2.45) is 0 Å². The van der Waals surface area contributed by atoms with E-state index in [-0.39, 0.29) is 15.6 Å². The number of para-hydroxylation sites is 1. The Balaban J connectivity index is 2.37. The minimum absolute atomic E-state index is 0.0586. The Bertz CT molecular complexity index is 679. The second-order valence-corrected chi connectivity index (χ2v) is 8.01. The van der Waals surface area contributed by atoms with Crippen molar-refractivity contribution in [3.63, 3.8) is 0 Å². The van der Waals surface area contributed by atoms with E-state index in [2.05, 4.69) is 20.7 Å². The molecule has 96 valence electrons. The summed E-state index contributed by atoms with van der Waals surface area (Å²) in [6.07, 6.45) is 0. The average Bonchev–Trinajstić information content (AvgIpc) is 2.72. The van der Waals surface area contributed by atoms with E-state index in [1.807, 2.05) is 0 Å². The van der Waals surface area contributed by atoms with E-state index >= 15 is 0 Å². The fourth-order valence-corrected chi connectivity index (χ4v) is 4.45. The number of hydrogen-bond acceptors (Lipinski definition) is 4. The number of aryl methyl sites for hydroxylation is 1. The minimum atomic E-state index is -3.65. The average molecular weight is 348 g/mol. The molecule has 18 heavy (non-hydrogen) atoms. The smallest absolute Gasteiger partial charge is 0.271 e. The highest BCUT2D eigenvalue weighted by atomic mass is 79.9. The van der Waals surface area contributed by atoms with Crippen LogP contribution in [-0.4, -0.2) is 13.5 Å². The van der Waals surface area contributed by atoms with Gasteiger partial charge in [-0.25, -0.2) is 8.42 Å². The van der Waals surface area contributed by atoms with Crippen LogP contribution in [-0.2, 0) is 10.0 Å². The van der Waals surface area contributed by atoms with Crippen LogP contribution >= 0.6 is 27.3 Å². The number of anilines is 1. The monoisotopic (exact) mass is 347 g/mol. The topological polar surface area (TPSA) is 66.4 Å². The van der Waals surface area contributed by atoms with Crippen LogP contribution in [0.25, 0.3) is 0 Å². The van der Waals surface area contributed by atoms with Crippen molar-refractivity contribution < 1.29 is 13.5 Å². The maximum atomic E-state index is 12.0. The second-order valence-electron chi connectivity index (χ2n) is 3.64. The lowest BCUT2D eigenvalue weighted by molar-refractivity contribution is 0.473. The van der Waals surface area contributed by atoms with Gasteiger partial charge in [0.1, 0.15) is 9.96 Å². The fourth-order valence-electron chi connectivity index (χ4n) is 1.38. The first kappa shape index (κ1) is 13.4. The highest BCUT2D eigenvalue weighted by Crippen LogP contribution is 2.31. The maximum absolute atomic E-state index is 12.0. The van der Waals surface area contributed by atoms with Gasteiger partial charge in [-0.2, -0.15) is 0 Å². The van der Waals surface area contributed by atoms with Crippen molar-refractivity contribution in [1.29, 1.82) is 0 Å². The molecule has 0 spiro atoms. The molecule has 0 amide bonds. The summed E-state index contributed by atoms with van der Waals surface area (Å²) in [4.78, 5) is 0. The number of sulfonamides is 1. The largest absolute Gasteiger partial charge is 0.505 e. The number of rotatable bonds is 3. The molecule has 0 saturated carbocycles. The predicted octanol–water partition coefficient (Wildman–Crippen LogP) is 3.33. The van der Waals surface area contributed by atoms with E-state index in [0.29, 0.717) is 5.56 Å². The zero-order chi connectivity index (χ0) is 13.3. The quantitative estimate of drug-likeness (QED) is 0.837. The Morgan fingerprint density at radius 3 is 2.61 bits per heavy atom. The molecule has 0 fully saturated rings. The summed E-state index contributed by atoms with van der Waals surface area (Å²) >= 11 is 4.32. The third-order valence-electron chi connectivity index (χ3n) is 2.30. The summed E-state index contributed by atoms with van der Waals surface area (Å²) in [5.74, 6) is -0.0586. The van der Waals surface area contributed by atoms with Gasteiger partial charge in [0.05, 0.1) is 9.47 Å². The van der Waals surface area contributed by atoms with Crippen molar-refractivity contribution >= 4 is 43.0 Å². The van der Waals surface area contributed by atoms with Crippen LogP contribution in [0.15, 0.2) is 38.3 Å². The molecule has 0 radical (unpaired) electrons. The van der Waals surface area contributed by atoms with E-state index < -0.39 is 10.0 Å². The van der Waals surface area contributed by atoms with Gasteiger partial charge in [0, 0.05) is 0 Å². The van der Waals surface area contributed by atoms with Crippen LogP contribution in [0.5, 0.6) is 5.75 Å². The number of benzene rings is 1. The van der Waals surface area contributed by atoms with Crippen molar-refractivity contribution in [2.45, 2.75) is 11.1 Å². The third-order valence-corrected chi connectivity index (χ3v) is 5.78. The lowest BCUT2D eigenvalue weighted by atomic mass is 10.2. The molecule has 0 bridgehead atoms. The zero-order valence-electron chi connectivity index (χ0n) is 9.34. The first-order chi connectivity index (χ1) is 8.40. The Morgan fingerprint density at radius 1 is 1.28 bits per heavy atom. The molecule has 4 nitrogen and oxygen atoms in total. The summed E-state index contributed by atoms with van der Waals surface area (Å²) in [6, 6.07) is 8.06. The van der Waals surface area contributed by atoms with E-state index in [1.165, 1.54) is 12.1 Å². The summed E-state index contributed by atoms with van der Waals surface area (Å²) in [6.45, 7) is 1.70. The molecular weight excluding hydrogens is 338 g/mol. The van der Waals surface area contributed by atoms with Gasteiger partial charge in [-0.05, 0) is 46.6 Å². The van der Waals surface area contributed by atoms with Crippen molar-refractivity contribution in [3.8, 4) is 5.75 Å². The molecule has 1 aromatic heterocycles. The minimum Gasteiger partial charge on any atom is -0.505 e. The zero-order valence-corrected chi connectivity index (χ0v) is 12.6. The Kier molecular flexibility index (Phi) is 3.65. The van der Waals surface area contributed by atoms with Gasteiger partial charge in [0.25, 0.3) is 10.0 Å². The molecular formula is C11H10BrNO3S2. The highest BCUT2D eigenvalue weighted by molar-refractivity contribution is 9.11. The van der Waals surface area contributed by atoms with Gasteiger partial charge < -0.3 is 5.11 Å². The van der Waals surface area contributed by atoms with E-state index in [4.69, 9.17) is 0 Å². The summed E-state index contributed by atoms with van der Waals surface area (Å²) in [5, 5.41) is 9.78. The van der Waals surface area contributed by atoms with E-state index in [1.54, 1.807) is 25.1 Å². The predicted molar refractivity (Wildman–Crippen MR) is 75.7 cm³/mol. The normalized spacial score (nSPS) is 11.4. The van der Waals surface area contributed by atoms with Gasteiger partial charge in [-0.1, -0.05) is 12.1 Å². The molecule has 0 atom stereocenters. The molecule has 1 heterocycles. The number of nitrogens with one attached hydrogen (secondary N) is 1. The van der Waals surface area contributed by atoms with Crippen LogP contribution in [0.3, 0.4) is 0 Å². The number of halogens is 1. The van der Waals surface area contributed by atoms with Gasteiger partial charge in [0.2, 0.25) is 0 Å². The number of phenols is 1. The number of thiophene rings is 1. The lowest BCUT2D eigenvalue weighted by Gasteiger charge is -2.09. The maximum Gasteiger partial charge on any atom is 0.271 e. The lowest BCUT2D eigenvalue weighted by Crippen LogP contribution is -2.11. The molecule has 2 aromatic rings. The van der Waals surface area contributed by atoms with Crippen LogP contribution < -0.4 is 4.72 Å². The van der Waals surface area contributed by atoms with Crippen molar-refractivity contribution in [1.82, 2.24) is 0 Å². The molecule has 0 saturated heterocycles. The second kappa shape index (κ2) is 4.91. The molecule has 0 aliphatic heterocycles. The molecule has 1 aromatic carbocycles. The van der Waals surface area contributed by atoms with Crippen molar-refractivity contribution in [2.75, 3.05) is 4.72 Å². The number of hydrogen-bond donors (Lipinski definition) is 2. The van der Waals surface area contributed by atoms with Crippen LogP contribution in [0.4, 0.5) is 5.69 Å². The van der Waals surface area contributed by atoms with Crippen LogP contribution in [0.2, 0.25) is 0 Å². The summed E-state index contributed by atoms with van der Waals surface area (Å²) < 4.78 is 27.4. The fraction of sp³-hybridized carbons (Fsp3) is 0.0909. The van der Waals surface area contributed by atoms with Crippen LogP contribution in [0, 0.1) is 6.92 Å². The first-order valence-electron chi connectivity index (χ1n) is 4.97. The summed E-state index contributed by atoms with van der Waals surface area (Å²) in [7, 11) is -3.65. The SMILES string of the molecule is Cc1cccc(NS(=O)(=O)c2ccc(Br)s2)c1O. The van der Waals surface area contributed by atoms with E-state index in [9.17, 15) is 13.5 Å². The number of aromatic hydroxyl groups is 1. The first-order valence-corrected chi connectivity index (χ1v) is 8.06. The van der Waals surface area contributed by atoms with Crippen LogP contribution in [0.1, 0.15) is 5.56 Å². The van der Waals surface area contributed by atoms with Gasteiger partial charge >= 0.3 is 0 Å². The molecule has 7 heteroatoms. The standard InChI is InChI=1S/C11H10BrNO3S2/c1-7-3-2-4-8(11(7)14)13-18(15,16)10-6-5-9(12)17-10/h2-6,13-14H,1H3. The summed E-state index contributed by atoms with van der Waals surface area (Å²) in [5.41, 5.74) is 0.794. The molecule has 2 rings (SSSR count). The molecule has 0 aliphatic rings. The molecule has 2 N–H and O–H groups in total. The van der Waals surface area contributed by atoms with Gasteiger partial charge in [-0.15, -0.1) is 11.3 Å². The third kappa shape index (κ3) is 2.68. The van der Waals surface area contributed by atoms with E-state index in [0.717, 1.165) is 15.1 Å². The number of phenolic OH excluding ortho intramolecular Hbond substituents is 1. The Hall–Kier alpha value is -1.05. The van der Waals surface area contributed by atoms with Crippen molar-refractivity contribution in [3.05, 3.63) is 39.7 Å². The van der Waals surface area contributed by atoms with Gasteiger partial charge in [0.15, 0.2) is 0 Å². The highest BCUT2D eigenvalue weighted by Gasteiger charge is 2.18. The molecule has 0 aliphatic carbocycles.